The third-order valence-corrected chi connectivity index (χ3v) is 4.15. The topological polar surface area (TPSA) is 57.6 Å². The molecule has 0 aliphatic heterocycles. The minimum Gasteiger partial charge on any atom is -0.480 e. The molecule has 1 aliphatic rings. The molecule has 108 valence electrons. The van der Waals surface area contributed by atoms with Crippen molar-refractivity contribution in [3.63, 3.8) is 0 Å². The van der Waals surface area contributed by atoms with Crippen molar-refractivity contribution in [1.82, 2.24) is 4.90 Å². The van der Waals surface area contributed by atoms with Crippen molar-refractivity contribution in [2.45, 2.75) is 36.6 Å². The van der Waals surface area contributed by atoms with Gasteiger partial charge < -0.3 is 10.0 Å². The highest BCUT2D eigenvalue weighted by molar-refractivity contribution is 7.80. The monoisotopic (exact) mass is 313 g/mol. The summed E-state index contributed by atoms with van der Waals surface area (Å²) in [4.78, 5) is 25.5. The Hall–Kier alpha value is -1.20. The van der Waals surface area contributed by atoms with Crippen LogP contribution in [0.15, 0.2) is 23.1 Å². The molecule has 20 heavy (non-hydrogen) atoms. The lowest BCUT2D eigenvalue weighted by Gasteiger charge is -2.28. The van der Waals surface area contributed by atoms with E-state index in [0.29, 0.717) is 15.5 Å². The normalized spacial score (nSPS) is 15.3. The van der Waals surface area contributed by atoms with Gasteiger partial charge in [-0.25, -0.2) is 0 Å². The van der Waals surface area contributed by atoms with Crippen molar-refractivity contribution in [3.05, 3.63) is 28.8 Å². The number of hydrogen-bond acceptors (Lipinski definition) is 3. The molecule has 1 fully saturated rings. The zero-order chi connectivity index (χ0) is 14.7. The number of halogens is 1. The summed E-state index contributed by atoms with van der Waals surface area (Å²) in [5, 5.41) is 9.46. The molecule has 0 radical (unpaired) electrons. The van der Waals surface area contributed by atoms with Crippen molar-refractivity contribution >= 4 is 36.1 Å². The van der Waals surface area contributed by atoms with Crippen LogP contribution in [0, 0.1) is 0 Å². The third-order valence-electron chi connectivity index (χ3n) is 3.52. The molecule has 0 unspecified atom stereocenters. The second kappa shape index (κ2) is 6.50. The highest BCUT2D eigenvalue weighted by Gasteiger charge is 2.29. The number of nitrogens with zero attached hydrogens (tertiary/aromatic N) is 1. The highest BCUT2D eigenvalue weighted by atomic mass is 35.5. The smallest absolute Gasteiger partial charge is 0.323 e. The summed E-state index contributed by atoms with van der Waals surface area (Å²) in [6.07, 6.45) is 3.75. The lowest BCUT2D eigenvalue weighted by Crippen LogP contribution is -2.42. The summed E-state index contributed by atoms with van der Waals surface area (Å²) in [5.41, 5.74) is 0.356. The first-order valence-corrected chi connectivity index (χ1v) is 7.33. The van der Waals surface area contributed by atoms with Gasteiger partial charge in [-0.3, -0.25) is 9.59 Å². The Morgan fingerprint density at radius 2 is 2.00 bits per heavy atom. The van der Waals surface area contributed by atoms with Crippen LogP contribution in [0.3, 0.4) is 0 Å². The molecule has 0 atom stereocenters. The first kappa shape index (κ1) is 15.2. The molecular weight excluding hydrogens is 298 g/mol. The number of amides is 1. The van der Waals surface area contributed by atoms with Crippen LogP contribution in [0.25, 0.3) is 0 Å². The Morgan fingerprint density at radius 3 is 2.60 bits per heavy atom. The molecule has 1 amide bonds. The van der Waals surface area contributed by atoms with E-state index >= 15 is 0 Å². The number of benzene rings is 1. The molecule has 0 bridgehead atoms. The van der Waals surface area contributed by atoms with Gasteiger partial charge >= 0.3 is 5.97 Å². The number of carboxylic acid groups (broad SMARTS) is 1. The SMILES string of the molecule is O=C(O)CN(C(=O)c1cc(Cl)ccc1S)C1CCCC1. The number of thiol groups is 1. The lowest BCUT2D eigenvalue weighted by atomic mass is 10.1. The van der Waals surface area contributed by atoms with Crippen molar-refractivity contribution < 1.29 is 14.7 Å². The van der Waals surface area contributed by atoms with Crippen molar-refractivity contribution in [2.24, 2.45) is 0 Å². The minimum absolute atomic E-state index is 0.00897. The molecule has 6 heteroatoms. The first-order valence-electron chi connectivity index (χ1n) is 6.50. The van der Waals surface area contributed by atoms with E-state index in [9.17, 15) is 9.59 Å². The maximum absolute atomic E-state index is 12.6. The van der Waals surface area contributed by atoms with Gasteiger partial charge in [0.05, 0.1) is 5.56 Å². The molecule has 1 aliphatic carbocycles. The Kier molecular flexibility index (Phi) is 4.94. The van der Waals surface area contributed by atoms with Crippen molar-refractivity contribution in [2.75, 3.05) is 6.54 Å². The van der Waals surface area contributed by atoms with Crippen molar-refractivity contribution in [1.29, 1.82) is 0 Å². The van der Waals surface area contributed by atoms with E-state index in [0.717, 1.165) is 25.7 Å². The molecule has 1 saturated carbocycles. The predicted octanol–water partition coefficient (Wildman–Crippen LogP) is 3.10. The molecule has 0 heterocycles. The van der Waals surface area contributed by atoms with Crippen LogP contribution in [0.1, 0.15) is 36.0 Å². The van der Waals surface area contributed by atoms with Crippen molar-refractivity contribution in [3.8, 4) is 0 Å². The number of aliphatic carboxylic acids is 1. The first-order chi connectivity index (χ1) is 9.49. The van der Waals surface area contributed by atoms with E-state index in [4.69, 9.17) is 16.7 Å². The van der Waals surface area contributed by atoms with E-state index < -0.39 is 5.97 Å². The number of rotatable bonds is 4. The average molecular weight is 314 g/mol. The fourth-order valence-corrected chi connectivity index (χ4v) is 2.97. The Labute approximate surface area is 128 Å². The maximum Gasteiger partial charge on any atom is 0.323 e. The molecule has 1 N–H and O–H groups in total. The van der Waals surface area contributed by atoms with Crippen LogP contribution in [-0.4, -0.2) is 34.5 Å². The van der Waals surface area contributed by atoms with Gasteiger partial charge in [-0.1, -0.05) is 24.4 Å². The van der Waals surface area contributed by atoms with Crippen LogP contribution in [0.2, 0.25) is 5.02 Å². The van der Waals surface area contributed by atoms with Gasteiger partial charge in [0.1, 0.15) is 6.54 Å². The van der Waals surface area contributed by atoms with Gasteiger partial charge in [-0.05, 0) is 31.0 Å². The summed E-state index contributed by atoms with van der Waals surface area (Å²) in [7, 11) is 0. The molecule has 0 saturated heterocycles. The Balaban J connectivity index is 2.29. The van der Waals surface area contributed by atoms with Gasteiger partial charge in [0.2, 0.25) is 0 Å². The highest BCUT2D eigenvalue weighted by Crippen LogP contribution is 2.27. The molecule has 2 rings (SSSR count). The van der Waals surface area contributed by atoms with E-state index in [1.54, 1.807) is 12.1 Å². The summed E-state index contributed by atoms with van der Waals surface area (Å²) in [6, 6.07) is 4.82. The predicted molar refractivity (Wildman–Crippen MR) is 79.6 cm³/mol. The molecular formula is C14H16ClNO3S. The lowest BCUT2D eigenvalue weighted by molar-refractivity contribution is -0.138. The van der Waals surface area contributed by atoms with E-state index in [1.807, 2.05) is 0 Å². The van der Waals surface area contributed by atoms with Gasteiger partial charge in [0.15, 0.2) is 0 Å². The molecule has 0 aromatic heterocycles. The van der Waals surface area contributed by atoms with E-state index in [2.05, 4.69) is 12.6 Å². The fraction of sp³-hybridized carbons (Fsp3) is 0.429. The summed E-state index contributed by atoms with van der Waals surface area (Å²) < 4.78 is 0. The van der Waals surface area contributed by atoms with Crippen LogP contribution >= 0.6 is 24.2 Å². The molecule has 1 aromatic carbocycles. The standard InChI is InChI=1S/C14H16ClNO3S/c15-9-5-6-12(20)11(7-9)14(19)16(8-13(17)18)10-3-1-2-4-10/h5-7,10,20H,1-4,8H2,(H,17,18). The number of hydrogen-bond donors (Lipinski definition) is 2. The third kappa shape index (κ3) is 3.46. The number of carbonyl (C=O) groups excluding carboxylic acids is 1. The molecule has 4 nitrogen and oxygen atoms in total. The summed E-state index contributed by atoms with van der Waals surface area (Å²) in [5.74, 6) is -1.32. The number of carbonyl (C=O) groups is 2. The average Bonchev–Trinajstić information content (AvgIpc) is 2.91. The quantitative estimate of drug-likeness (QED) is 0.840. The van der Waals surface area contributed by atoms with Gasteiger partial charge in [0, 0.05) is 16.0 Å². The number of carboxylic acids is 1. The van der Waals surface area contributed by atoms with Crippen LogP contribution in [-0.2, 0) is 4.79 Å². The maximum atomic E-state index is 12.6. The van der Waals surface area contributed by atoms with Gasteiger partial charge in [0.25, 0.3) is 5.91 Å². The van der Waals surface area contributed by atoms with Crippen LogP contribution in [0.4, 0.5) is 0 Å². The molecule has 0 spiro atoms. The minimum atomic E-state index is -1.01. The summed E-state index contributed by atoms with van der Waals surface area (Å²) >= 11 is 10.2. The second-order valence-electron chi connectivity index (χ2n) is 4.93. The van der Waals surface area contributed by atoms with Gasteiger partial charge in [-0.2, -0.15) is 0 Å². The Morgan fingerprint density at radius 1 is 1.35 bits per heavy atom. The zero-order valence-corrected chi connectivity index (χ0v) is 12.5. The largest absolute Gasteiger partial charge is 0.480 e. The zero-order valence-electron chi connectivity index (χ0n) is 10.9. The van der Waals surface area contributed by atoms with Gasteiger partial charge in [-0.15, -0.1) is 12.6 Å². The Bertz CT molecular complexity index is 529. The van der Waals surface area contributed by atoms with E-state index in [-0.39, 0.29) is 18.5 Å². The molecule has 1 aromatic rings. The fourth-order valence-electron chi connectivity index (χ4n) is 2.56. The second-order valence-corrected chi connectivity index (χ2v) is 5.84. The summed E-state index contributed by atoms with van der Waals surface area (Å²) in [6.45, 7) is -0.288. The van der Waals surface area contributed by atoms with Crippen LogP contribution < -0.4 is 0 Å². The van der Waals surface area contributed by atoms with Crippen LogP contribution in [0.5, 0.6) is 0 Å². The van der Waals surface area contributed by atoms with E-state index in [1.165, 1.54) is 11.0 Å².